The van der Waals surface area contributed by atoms with E-state index >= 15 is 0 Å². The van der Waals surface area contributed by atoms with Gasteiger partial charge in [-0.25, -0.2) is 9.48 Å². The fourth-order valence-corrected chi connectivity index (χ4v) is 1.56. The monoisotopic (exact) mass is 250 g/mol. The molecule has 2 aromatic rings. The summed E-state index contributed by atoms with van der Waals surface area (Å²) in [6, 6.07) is 8.34. The lowest BCUT2D eigenvalue weighted by atomic mass is 10.3. The molecule has 0 aliphatic heterocycles. The molecule has 0 unspecified atom stereocenters. The van der Waals surface area contributed by atoms with Gasteiger partial charge < -0.3 is 0 Å². The van der Waals surface area contributed by atoms with Crippen molar-refractivity contribution in [3.8, 4) is 0 Å². The van der Waals surface area contributed by atoms with Crippen LogP contribution in [0.3, 0.4) is 0 Å². The molecular weight excluding hydrogens is 230 g/mol. The molecule has 0 spiro atoms. The maximum Gasteiger partial charge on any atom is 0.471 e. The number of amidine groups is 1. The quantitative estimate of drug-likeness (QED) is 0.424. The Morgan fingerprint density at radius 1 is 1.28 bits per heavy atom. The van der Waals surface area contributed by atoms with Crippen molar-refractivity contribution in [1.29, 1.82) is 0 Å². The lowest BCUT2D eigenvalue weighted by molar-refractivity contribution is -0.480. The molecule has 0 bridgehead atoms. The van der Waals surface area contributed by atoms with Gasteiger partial charge in [0.1, 0.15) is 11.0 Å². The van der Waals surface area contributed by atoms with Gasteiger partial charge in [0.25, 0.3) is 0 Å². The Morgan fingerprint density at radius 2 is 1.94 bits per heavy atom. The second-order valence-corrected chi connectivity index (χ2v) is 4.11. The number of aromatic nitrogens is 3. The third-order valence-electron chi connectivity index (χ3n) is 2.25. The molecular formula is C12H20N5O+. The molecule has 0 saturated heterocycles. The first kappa shape index (κ1) is 14.0. The van der Waals surface area contributed by atoms with Crippen LogP contribution in [0.15, 0.2) is 24.3 Å². The fraction of sp³-hybridized carbons (Fsp3) is 0.417. The highest BCUT2D eigenvalue weighted by Gasteiger charge is 2.17. The minimum absolute atomic E-state index is 0. The van der Waals surface area contributed by atoms with Gasteiger partial charge in [0.2, 0.25) is 0 Å². The summed E-state index contributed by atoms with van der Waals surface area (Å²) >= 11 is 0. The number of fused-ring (bicyclic) bond motifs is 1. The van der Waals surface area contributed by atoms with Gasteiger partial charge in [0.05, 0.1) is 28.2 Å². The highest BCUT2D eigenvalue weighted by atomic mass is 16.7. The van der Waals surface area contributed by atoms with Crippen molar-refractivity contribution in [2.75, 3.05) is 28.2 Å². The first-order chi connectivity index (χ1) is 8.09. The summed E-state index contributed by atoms with van der Waals surface area (Å²) in [6.07, 6.45) is 0. The highest BCUT2D eigenvalue weighted by Crippen LogP contribution is 2.08. The van der Waals surface area contributed by atoms with Crippen molar-refractivity contribution in [3.05, 3.63) is 24.3 Å². The Balaban J connectivity index is 0.00000162. The third kappa shape index (κ3) is 2.58. The molecule has 1 heterocycles. The van der Waals surface area contributed by atoms with Crippen molar-refractivity contribution in [1.82, 2.24) is 20.1 Å². The molecule has 0 radical (unpaired) electrons. The minimum atomic E-state index is 0. The van der Waals surface area contributed by atoms with Gasteiger partial charge in [-0.1, -0.05) is 24.4 Å². The molecule has 0 aliphatic carbocycles. The Kier molecular flexibility index (Phi) is 4.25. The summed E-state index contributed by atoms with van der Waals surface area (Å²) in [5.74, 6) is 0. The molecule has 1 aromatic heterocycles. The Morgan fingerprint density at radius 3 is 2.56 bits per heavy atom. The predicted octanol–water partition coefficient (Wildman–Crippen LogP) is 0.686. The molecule has 0 saturated carbocycles. The zero-order chi connectivity index (χ0) is 12.4. The molecule has 2 rings (SSSR count). The highest BCUT2D eigenvalue weighted by molar-refractivity contribution is 5.75. The van der Waals surface area contributed by atoms with Crippen LogP contribution in [0.1, 0.15) is 7.43 Å². The van der Waals surface area contributed by atoms with Crippen molar-refractivity contribution in [3.63, 3.8) is 0 Å². The van der Waals surface area contributed by atoms with Crippen LogP contribution in [0.4, 0.5) is 0 Å². The SMILES string of the molecule is C.CN(C)C(On1nnc2ccccc21)=[N+](C)C. The lowest BCUT2D eigenvalue weighted by Gasteiger charge is -2.10. The third-order valence-corrected chi connectivity index (χ3v) is 2.25. The van der Waals surface area contributed by atoms with E-state index in [1.54, 1.807) is 0 Å². The maximum atomic E-state index is 5.70. The first-order valence-electron chi connectivity index (χ1n) is 5.30. The van der Waals surface area contributed by atoms with Crippen LogP contribution in [0.2, 0.25) is 0 Å². The Bertz CT molecular complexity index is 554. The van der Waals surface area contributed by atoms with Crippen molar-refractivity contribution in [2.45, 2.75) is 7.43 Å². The zero-order valence-corrected chi connectivity index (χ0v) is 10.5. The van der Waals surface area contributed by atoms with E-state index in [0.717, 1.165) is 11.0 Å². The number of hydrogen-bond acceptors (Lipinski definition) is 3. The van der Waals surface area contributed by atoms with Gasteiger partial charge in [-0.15, -0.1) is 5.10 Å². The number of nitrogens with zero attached hydrogens (tertiary/aromatic N) is 5. The second kappa shape index (κ2) is 5.48. The van der Waals surface area contributed by atoms with Crippen molar-refractivity contribution in [2.24, 2.45) is 0 Å². The van der Waals surface area contributed by atoms with Gasteiger partial charge in [-0.2, -0.15) is 0 Å². The standard InChI is InChI=1S/C11H16N5O.CH4/c1-14(2)11(15(3)4)17-16-10-8-6-5-7-9(10)12-13-16;/h5-8H,1-4H3;1H4/q+1;. The Labute approximate surface area is 107 Å². The van der Waals surface area contributed by atoms with Gasteiger partial charge >= 0.3 is 6.02 Å². The topological polar surface area (TPSA) is 46.2 Å². The van der Waals surface area contributed by atoms with Crippen LogP contribution in [0.25, 0.3) is 11.0 Å². The number of benzene rings is 1. The molecule has 6 nitrogen and oxygen atoms in total. The van der Waals surface area contributed by atoms with E-state index in [1.807, 2.05) is 61.9 Å². The molecule has 98 valence electrons. The minimum Gasteiger partial charge on any atom is -0.278 e. The molecule has 0 N–H and O–H groups in total. The van der Waals surface area contributed by atoms with Crippen LogP contribution >= 0.6 is 0 Å². The second-order valence-electron chi connectivity index (χ2n) is 4.11. The molecule has 0 amide bonds. The summed E-state index contributed by atoms with van der Waals surface area (Å²) in [5, 5.41) is 8.00. The van der Waals surface area contributed by atoms with Crippen LogP contribution in [0.5, 0.6) is 0 Å². The summed E-state index contributed by atoms with van der Waals surface area (Å²) in [4.78, 5) is 8.99. The van der Waals surface area contributed by atoms with Crippen molar-refractivity contribution < 1.29 is 9.41 Å². The molecule has 0 fully saturated rings. The lowest BCUT2D eigenvalue weighted by Crippen LogP contribution is -2.39. The van der Waals surface area contributed by atoms with Crippen LogP contribution < -0.4 is 4.84 Å². The Hall–Kier alpha value is -2.11. The first-order valence-corrected chi connectivity index (χ1v) is 5.30. The predicted molar refractivity (Wildman–Crippen MR) is 71.6 cm³/mol. The van der Waals surface area contributed by atoms with Crippen LogP contribution in [0, 0.1) is 0 Å². The molecule has 0 aliphatic rings. The average Bonchev–Trinajstić information content (AvgIpc) is 2.68. The molecule has 18 heavy (non-hydrogen) atoms. The molecule has 6 heteroatoms. The van der Waals surface area contributed by atoms with E-state index in [-0.39, 0.29) is 7.43 Å². The fourth-order valence-electron chi connectivity index (χ4n) is 1.56. The van der Waals surface area contributed by atoms with Crippen LogP contribution in [-0.4, -0.2) is 58.8 Å². The van der Waals surface area contributed by atoms with E-state index < -0.39 is 0 Å². The summed E-state index contributed by atoms with van der Waals surface area (Å²) in [7, 11) is 7.64. The summed E-state index contributed by atoms with van der Waals surface area (Å²) < 4.78 is 1.87. The van der Waals surface area contributed by atoms with Gasteiger partial charge in [-0.3, -0.25) is 4.84 Å². The molecule has 1 aromatic carbocycles. The normalized spacial score (nSPS) is 9.78. The van der Waals surface area contributed by atoms with Gasteiger partial charge in [-0.05, 0) is 17.3 Å². The largest absolute Gasteiger partial charge is 0.471 e. The van der Waals surface area contributed by atoms with Crippen molar-refractivity contribution >= 4 is 17.1 Å². The van der Waals surface area contributed by atoms with E-state index in [4.69, 9.17) is 4.84 Å². The van der Waals surface area contributed by atoms with E-state index in [1.165, 1.54) is 4.85 Å². The summed E-state index contributed by atoms with van der Waals surface area (Å²) in [6.45, 7) is 0. The zero-order valence-electron chi connectivity index (χ0n) is 10.5. The van der Waals surface area contributed by atoms with Gasteiger partial charge in [0, 0.05) is 0 Å². The van der Waals surface area contributed by atoms with Crippen LogP contribution in [-0.2, 0) is 0 Å². The average molecular weight is 250 g/mol. The number of para-hydroxylation sites is 1. The number of hydrogen-bond donors (Lipinski definition) is 0. The van der Waals surface area contributed by atoms with Gasteiger partial charge in [0.15, 0.2) is 0 Å². The number of rotatable bonds is 1. The smallest absolute Gasteiger partial charge is 0.278 e. The van der Waals surface area contributed by atoms with E-state index in [0.29, 0.717) is 6.02 Å². The maximum absolute atomic E-state index is 5.70. The van der Waals surface area contributed by atoms with E-state index in [2.05, 4.69) is 10.3 Å². The van der Waals surface area contributed by atoms with E-state index in [9.17, 15) is 0 Å². The molecule has 0 atom stereocenters. The summed E-state index contributed by atoms with van der Waals surface area (Å²) in [5.41, 5.74) is 1.65.